The van der Waals surface area contributed by atoms with Gasteiger partial charge in [0.25, 0.3) is 0 Å². The van der Waals surface area contributed by atoms with Crippen molar-refractivity contribution >= 4 is 15.8 Å². The molecule has 0 aliphatic carbocycles. The second-order valence-electron chi connectivity index (χ2n) is 4.12. The van der Waals surface area contributed by atoms with Crippen LogP contribution in [0.5, 0.6) is 0 Å². The van der Waals surface area contributed by atoms with Crippen LogP contribution in [0.3, 0.4) is 0 Å². The predicted molar refractivity (Wildman–Crippen MR) is 70.4 cm³/mol. The van der Waals surface area contributed by atoms with E-state index in [0.29, 0.717) is 13.0 Å². The van der Waals surface area contributed by atoms with Crippen LogP contribution in [0, 0.1) is 10.1 Å². The summed E-state index contributed by atoms with van der Waals surface area (Å²) in [6, 6.07) is 9.42. The second kappa shape index (κ2) is 5.39. The third kappa shape index (κ3) is 3.19. The summed E-state index contributed by atoms with van der Waals surface area (Å²) in [4.78, 5) is 9.33. The molecule has 2 aromatic rings. The highest BCUT2D eigenvalue weighted by atomic mass is 32.2. The molecule has 0 radical (unpaired) electrons. The first-order valence-electron chi connectivity index (χ1n) is 5.66. The fourth-order valence-electron chi connectivity index (χ4n) is 1.72. The van der Waals surface area contributed by atoms with Gasteiger partial charge in [-0.05, 0) is 16.9 Å². The maximum absolute atomic E-state index is 11.3. The maximum Gasteiger partial charge on any atom is 0.410 e. The molecule has 0 saturated carbocycles. The molecule has 0 fully saturated rings. The molecule has 1 heterocycles. The monoisotopic (exact) mass is 296 g/mol. The van der Waals surface area contributed by atoms with Crippen molar-refractivity contribution in [2.75, 3.05) is 0 Å². The van der Waals surface area contributed by atoms with Crippen LogP contribution in [0.2, 0.25) is 0 Å². The lowest BCUT2D eigenvalue weighted by Crippen LogP contribution is -2.13. The zero-order valence-corrected chi connectivity index (χ0v) is 11.2. The highest BCUT2D eigenvalue weighted by Gasteiger charge is 2.28. The van der Waals surface area contributed by atoms with Crippen LogP contribution in [0.25, 0.3) is 0 Å². The van der Waals surface area contributed by atoms with Crippen molar-refractivity contribution in [1.82, 2.24) is 9.78 Å². The number of aromatic nitrogens is 2. The summed E-state index contributed by atoms with van der Waals surface area (Å²) in [6.45, 7) is 0.320. The Morgan fingerprint density at radius 2 is 1.95 bits per heavy atom. The number of hydrogen-bond donors (Lipinski definition) is 1. The summed E-state index contributed by atoms with van der Waals surface area (Å²) in [5.41, 5.74) is 1.02. The van der Waals surface area contributed by atoms with Crippen LogP contribution >= 0.6 is 0 Å². The van der Waals surface area contributed by atoms with Crippen molar-refractivity contribution in [3.8, 4) is 0 Å². The molecule has 1 aromatic heterocycles. The largest absolute Gasteiger partial charge is 0.410 e. The Bertz CT molecular complexity index is 724. The minimum Gasteiger partial charge on any atom is -0.358 e. The molecule has 0 unspecified atom stereocenters. The molecule has 20 heavy (non-hydrogen) atoms. The molecule has 8 nitrogen and oxygen atoms in total. The fourth-order valence-corrected chi connectivity index (χ4v) is 2.36. The number of primary sulfonamides is 1. The maximum atomic E-state index is 11.3. The summed E-state index contributed by atoms with van der Waals surface area (Å²) < 4.78 is 23.7. The Morgan fingerprint density at radius 3 is 2.45 bits per heavy atom. The number of nitrogens with two attached hydrogens (primary N) is 1. The van der Waals surface area contributed by atoms with Crippen molar-refractivity contribution in [2.45, 2.75) is 17.9 Å². The lowest BCUT2D eigenvalue weighted by Gasteiger charge is -1.98. The normalized spacial score (nSPS) is 11.4. The third-order valence-electron chi connectivity index (χ3n) is 2.66. The van der Waals surface area contributed by atoms with Crippen molar-refractivity contribution in [2.24, 2.45) is 5.14 Å². The van der Waals surface area contributed by atoms with E-state index < -0.39 is 25.7 Å². The minimum atomic E-state index is -4.17. The van der Waals surface area contributed by atoms with E-state index in [1.165, 1.54) is 4.68 Å². The zero-order valence-electron chi connectivity index (χ0n) is 10.3. The molecule has 0 amide bonds. The van der Waals surface area contributed by atoms with Crippen LogP contribution in [-0.4, -0.2) is 23.1 Å². The van der Waals surface area contributed by atoms with Crippen LogP contribution in [0.1, 0.15) is 5.56 Å². The van der Waals surface area contributed by atoms with Crippen LogP contribution in [0.4, 0.5) is 5.82 Å². The highest BCUT2D eigenvalue weighted by Crippen LogP contribution is 2.20. The predicted octanol–water partition coefficient (Wildman–Crippen LogP) is 0.681. The molecular formula is C11H12N4O4S. The number of hydrogen-bond acceptors (Lipinski definition) is 5. The van der Waals surface area contributed by atoms with E-state index in [9.17, 15) is 18.5 Å². The van der Waals surface area contributed by atoms with Gasteiger partial charge in [0.15, 0.2) is 0 Å². The topological polar surface area (TPSA) is 121 Å². The number of benzene rings is 1. The Kier molecular flexibility index (Phi) is 3.81. The molecule has 0 atom stereocenters. The standard InChI is InChI=1S/C11H12N4O4S/c12-20(18,19)10-8-14(13-11(10)15(16)17)7-6-9-4-2-1-3-5-9/h1-5,8H,6-7H2,(H2,12,18,19). The van der Waals surface area contributed by atoms with E-state index in [1.807, 2.05) is 30.3 Å². The number of nitro groups is 1. The van der Waals surface area contributed by atoms with E-state index in [4.69, 9.17) is 5.14 Å². The van der Waals surface area contributed by atoms with Gasteiger partial charge in [-0.25, -0.2) is 13.6 Å². The van der Waals surface area contributed by atoms with E-state index in [1.54, 1.807) is 0 Å². The number of sulfonamides is 1. The van der Waals surface area contributed by atoms with E-state index in [0.717, 1.165) is 11.8 Å². The van der Waals surface area contributed by atoms with Crippen molar-refractivity contribution < 1.29 is 13.3 Å². The molecule has 0 aliphatic heterocycles. The third-order valence-corrected chi connectivity index (χ3v) is 3.56. The average Bonchev–Trinajstić information content (AvgIpc) is 2.82. The molecule has 2 N–H and O–H groups in total. The van der Waals surface area contributed by atoms with E-state index >= 15 is 0 Å². The van der Waals surface area contributed by atoms with Gasteiger partial charge in [-0.1, -0.05) is 30.3 Å². The Balaban J connectivity index is 2.24. The van der Waals surface area contributed by atoms with Crippen LogP contribution in [0.15, 0.2) is 41.4 Å². The Labute approximate surface area is 115 Å². The van der Waals surface area contributed by atoms with Gasteiger partial charge in [0.2, 0.25) is 14.9 Å². The molecule has 106 valence electrons. The summed E-state index contributed by atoms with van der Waals surface area (Å²) in [5, 5.41) is 19.3. The lowest BCUT2D eigenvalue weighted by atomic mass is 10.2. The zero-order chi connectivity index (χ0) is 14.8. The fraction of sp³-hybridized carbons (Fsp3) is 0.182. The molecular weight excluding hydrogens is 284 g/mol. The quantitative estimate of drug-likeness (QED) is 0.642. The molecule has 0 saturated heterocycles. The van der Waals surface area contributed by atoms with Crippen molar-refractivity contribution in [3.63, 3.8) is 0 Å². The summed E-state index contributed by atoms with van der Waals surface area (Å²) in [5.74, 6) is -0.749. The summed E-state index contributed by atoms with van der Waals surface area (Å²) in [6.07, 6.45) is 1.65. The van der Waals surface area contributed by atoms with Gasteiger partial charge in [-0.3, -0.25) is 0 Å². The first-order chi connectivity index (χ1) is 9.38. The van der Waals surface area contributed by atoms with Gasteiger partial charge in [0.1, 0.15) is 0 Å². The Morgan fingerprint density at radius 1 is 1.30 bits per heavy atom. The SMILES string of the molecule is NS(=O)(=O)c1cn(CCc2ccccc2)nc1[N+](=O)[O-]. The van der Waals surface area contributed by atoms with Crippen LogP contribution in [-0.2, 0) is 23.0 Å². The van der Waals surface area contributed by atoms with Gasteiger partial charge in [0, 0.05) is 0 Å². The minimum absolute atomic E-state index is 0.320. The van der Waals surface area contributed by atoms with Gasteiger partial charge in [0.05, 0.1) is 17.8 Å². The smallest absolute Gasteiger partial charge is 0.358 e. The molecule has 2 rings (SSSR count). The van der Waals surface area contributed by atoms with E-state index in [-0.39, 0.29) is 0 Å². The van der Waals surface area contributed by atoms with Crippen molar-refractivity contribution in [1.29, 1.82) is 0 Å². The van der Waals surface area contributed by atoms with Crippen LogP contribution < -0.4 is 5.14 Å². The first kappa shape index (κ1) is 14.2. The van der Waals surface area contributed by atoms with Gasteiger partial charge in [-0.15, -0.1) is 0 Å². The van der Waals surface area contributed by atoms with Gasteiger partial charge < -0.3 is 10.1 Å². The van der Waals surface area contributed by atoms with E-state index in [2.05, 4.69) is 5.10 Å². The Hall–Kier alpha value is -2.26. The highest BCUT2D eigenvalue weighted by molar-refractivity contribution is 7.89. The summed E-state index contributed by atoms with van der Waals surface area (Å²) in [7, 11) is -4.17. The molecule has 0 bridgehead atoms. The number of aryl methyl sites for hydroxylation is 2. The van der Waals surface area contributed by atoms with Crippen molar-refractivity contribution in [3.05, 3.63) is 52.2 Å². The molecule has 0 spiro atoms. The summed E-state index contributed by atoms with van der Waals surface area (Å²) >= 11 is 0. The molecule has 1 aromatic carbocycles. The second-order valence-corrected chi connectivity index (χ2v) is 5.65. The number of nitrogens with zero attached hydrogens (tertiary/aromatic N) is 3. The average molecular weight is 296 g/mol. The lowest BCUT2D eigenvalue weighted by molar-refractivity contribution is -0.392. The number of rotatable bonds is 5. The first-order valence-corrected chi connectivity index (χ1v) is 7.21. The van der Waals surface area contributed by atoms with Gasteiger partial charge in [-0.2, -0.15) is 4.68 Å². The molecule has 0 aliphatic rings. The van der Waals surface area contributed by atoms with Gasteiger partial charge >= 0.3 is 5.82 Å². The molecule has 9 heteroatoms.